The highest BCUT2D eigenvalue weighted by atomic mass is 32.2. The Labute approximate surface area is 108 Å². The molecule has 0 aliphatic rings. The third kappa shape index (κ3) is 2.73. The molecule has 0 aliphatic heterocycles. The zero-order valence-electron chi connectivity index (χ0n) is 10.3. The molecule has 0 aliphatic carbocycles. The largest absolute Gasteiger partial charge is 0.294 e. The van der Waals surface area contributed by atoms with Gasteiger partial charge in [-0.05, 0) is 20.8 Å². The second-order valence-electron chi connectivity index (χ2n) is 3.78. The highest BCUT2D eigenvalue weighted by Crippen LogP contribution is 2.25. The number of rotatable bonds is 4. The van der Waals surface area contributed by atoms with Crippen LogP contribution in [0.5, 0.6) is 0 Å². The van der Waals surface area contributed by atoms with E-state index in [1.807, 2.05) is 6.92 Å². The number of aryl methyl sites for hydroxylation is 2. The molecular weight excluding hydrogens is 252 g/mol. The fourth-order valence-electron chi connectivity index (χ4n) is 1.58. The molecule has 94 valence electrons. The van der Waals surface area contributed by atoms with Gasteiger partial charge in [0.25, 0.3) is 0 Å². The third-order valence-electron chi connectivity index (χ3n) is 2.28. The predicted molar refractivity (Wildman–Crippen MR) is 65.4 cm³/mol. The molecule has 0 N–H and O–H groups in total. The van der Waals surface area contributed by atoms with Crippen LogP contribution in [0.15, 0.2) is 15.9 Å². The lowest BCUT2D eigenvalue weighted by molar-refractivity contribution is 0.101. The van der Waals surface area contributed by atoms with Gasteiger partial charge >= 0.3 is 0 Å². The predicted octanol–water partition coefficient (Wildman–Crippen LogP) is 1.97. The van der Waals surface area contributed by atoms with Crippen LogP contribution in [-0.2, 0) is 5.75 Å². The Morgan fingerprint density at radius 1 is 1.39 bits per heavy atom. The third-order valence-corrected chi connectivity index (χ3v) is 3.29. The first-order chi connectivity index (χ1) is 8.58. The van der Waals surface area contributed by atoms with Crippen molar-refractivity contribution in [3.05, 3.63) is 29.0 Å². The molecule has 0 saturated carbocycles. The van der Waals surface area contributed by atoms with Crippen molar-refractivity contribution in [2.24, 2.45) is 0 Å². The fraction of sp³-hybridized carbons (Fsp3) is 0.364. The van der Waals surface area contributed by atoms with Crippen LogP contribution >= 0.6 is 11.8 Å². The van der Waals surface area contributed by atoms with Crippen molar-refractivity contribution < 1.29 is 9.42 Å². The molecule has 2 rings (SSSR count). The minimum atomic E-state index is -0.0340. The van der Waals surface area contributed by atoms with Gasteiger partial charge in [0.05, 0.1) is 17.5 Å². The molecule has 18 heavy (non-hydrogen) atoms. The quantitative estimate of drug-likeness (QED) is 0.474. The van der Waals surface area contributed by atoms with Crippen LogP contribution in [0.4, 0.5) is 0 Å². The lowest BCUT2D eigenvalue weighted by Gasteiger charge is -2.08. The number of hydrogen-bond acceptors (Lipinski definition) is 7. The average molecular weight is 264 g/mol. The Balaban J connectivity index is 2.28. The maximum atomic E-state index is 11.6. The lowest BCUT2D eigenvalue weighted by Crippen LogP contribution is -2.06. The first-order valence-electron chi connectivity index (χ1n) is 5.33. The van der Waals surface area contributed by atoms with Crippen LogP contribution < -0.4 is 0 Å². The lowest BCUT2D eigenvalue weighted by atomic mass is 10.2. The first kappa shape index (κ1) is 12.7. The summed E-state index contributed by atoms with van der Waals surface area (Å²) in [6.45, 7) is 5.13. The molecule has 2 aromatic rings. The summed E-state index contributed by atoms with van der Waals surface area (Å²) in [5, 5.41) is 7.92. The molecule has 7 heteroatoms. The minimum Gasteiger partial charge on any atom is -0.294 e. The van der Waals surface area contributed by atoms with Crippen LogP contribution in [0.25, 0.3) is 0 Å². The number of Topliss-reactive ketones (excluding diaryl/α,β-unsaturated/α-hetero) is 1. The van der Waals surface area contributed by atoms with E-state index in [-0.39, 0.29) is 5.78 Å². The molecule has 0 amide bonds. The van der Waals surface area contributed by atoms with E-state index >= 15 is 0 Å². The van der Waals surface area contributed by atoms with E-state index in [4.69, 9.17) is 0 Å². The second-order valence-corrected chi connectivity index (χ2v) is 4.74. The first-order valence-corrected chi connectivity index (χ1v) is 6.32. The molecule has 0 unspecified atom stereocenters. The molecule has 0 atom stereocenters. The van der Waals surface area contributed by atoms with Gasteiger partial charge in [0.2, 0.25) is 0 Å². The maximum Gasteiger partial charge on any atom is 0.164 e. The van der Waals surface area contributed by atoms with Crippen molar-refractivity contribution in [1.82, 2.24) is 20.3 Å². The van der Waals surface area contributed by atoms with E-state index in [2.05, 4.69) is 24.9 Å². The van der Waals surface area contributed by atoms with Crippen LogP contribution in [0.2, 0.25) is 0 Å². The standard InChI is InChI=1S/C11H12N4O2S/c1-6-10(7(2)16)11(14-8(3)13-6)18-5-9-4-12-17-15-9/h4H,5H2,1-3H3. The summed E-state index contributed by atoms with van der Waals surface area (Å²) in [6, 6.07) is 0. The Morgan fingerprint density at radius 3 is 2.78 bits per heavy atom. The van der Waals surface area contributed by atoms with Crippen molar-refractivity contribution in [1.29, 1.82) is 0 Å². The number of carbonyl (C=O) groups is 1. The fourth-order valence-corrected chi connectivity index (χ4v) is 2.63. The van der Waals surface area contributed by atoms with Gasteiger partial charge in [0.15, 0.2) is 5.78 Å². The van der Waals surface area contributed by atoms with E-state index in [0.717, 1.165) is 0 Å². The van der Waals surface area contributed by atoms with Crippen LogP contribution in [0, 0.1) is 13.8 Å². The zero-order valence-corrected chi connectivity index (χ0v) is 11.1. The maximum absolute atomic E-state index is 11.6. The molecule has 0 aromatic carbocycles. The number of nitrogens with zero attached hydrogens (tertiary/aromatic N) is 4. The summed E-state index contributed by atoms with van der Waals surface area (Å²) in [5.74, 6) is 1.17. The summed E-state index contributed by atoms with van der Waals surface area (Å²) in [5.41, 5.74) is 1.99. The number of ketones is 1. The summed E-state index contributed by atoms with van der Waals surface area (Å²) < 4.78 is 4.52. The van der Waals surface area contributed by atoms with E-state index in [1.165, 1.54) is 18.7 Å². The molecule has 0 saturated heterocycles. The number of carbonyl (C=O) groups excluding carboxylic acids is 1. The van der Waals surface area contributed by atoms with Gasteiger partial charge in [-0.2, -0.15) is 0 Å². The molecule has 0 radical (unpaired) electrons. The van der Waals surface area contributed by atoms with Crippen LogP contribution in [0.1, 0.15) is 34.5 Å². The summed E-state index contributed by atoms with van der Waals surface area (Å²) in [6.07, 6.45) is 1.54. The van der Waals surface area contributed by atoms with Crippen molar-refractivity contribution in [3.63, 3.8) is 0 Å². The minimum absolute atomic E-state index is 0.0340. The topological polar surface area (TPSA) is 81.8 Å². The molecule has 2 heterocycles. The Kier molecular flexibility index (Phi) is 3.71. The van der Waals surface area contributed by atoms with Gasteiger partial charge in [-0.3, -0.25) is 4.79 Å². The van der Waals surface area contributed by atoms with Crippen molar-refractivity contribution in [3.8, 4) is 0 Å². The molecule has 2 aromatic heterocycles. The number of aromatic nitrogens is 4. The SMILES string of the molecule is CC(=O)c1c(C)nc(C)nc1SCc1cnon1. The molecule has 6 nitrogen and oxygen atoms in total. The van der Waals surface area contributed by atoms with Crippen molar-refractivity contribution in [2.75, 3.05) is 0 Å². The smallest absolute Gasteiger partial charge is 0.164 e. The van der Waals surface area contributed by atoms with Gasteiger partial charge < -0.3 is 0 Å². The van der Waals surface area contributed by atoms with E-state index in [1.54, 1.807) is 13.1 Å². The Hall–Kier alpha value is -1.76. The average Bonchev–Trinajstić information content (AvgIpc) is 2.77. The number of thioether (sulfide) groups is 1. The Bertz CT molecular complexity index is 569. The van der Waals surface area contributed by atoms with E-state index in [0.29, 0.717) is 33.6 Å². The molecule has 0 bridgehead atoms. The molecular formula is C11H12N4O2S. The highest BCUT2D eigenvalue weighted by Gasteiger charge is 2.15. The van der Waals surface area contributed by atoms with E-state index in [9.17, 15) is 4.79 Å². The second kappa shape index (κ2) is 5.26. The number of hydrogen-bond donors (Lipinski definition) is 0. The van der Waals surface area contributed by atoms with Crippen LogP contribution in [0.3, 0.4) is 0 Å². The monoisotopic (exact) mass is 264 g/mol. The zero-order chi connectivity index (χ0) is 13.1. The van der Waals surface area contributed by atoms with Crippen molar-refractivity contribution >= 4 is 17.5 Å². The molecule has 0 fully saturated rings. The van der Waals surface area contributed by atoms with Gasteiger partial charge in [0.1, 0.15) is 16.5 Å². The van der Waals surface area contributed by atoms with Crippen LogP contribution in [-0.4, -0.2) is 26.1 Å². The highest BCUT2D eigenvalue weighted by molar-refractivity contribution is 7.98. The van der Waals surface area contributed by atoms with E-state index < -0.39 is 0 Å². The summed E-state index contributed by atoms with van der Waals surface area (Å²) >= 11 is 1.43. The van der Waals surface area contributed by atoms with Crippen molar-refractivity contribution in [2.45, 2.75) is 31.6 Å². The van der Waals surface area contributed by atoms with Gasteiger partial charge in [-0.15, -0.1) is 0 Å². The van der Waals surface area contributed by atoms with Gasteiger partial charge in [-0.1, -0.05) is 22.1 Å². The Morgan fingerprint density at radius 2 is 2.17 bits per heavy atom. The summed E-state index contributed by atoms with van der Waals surface area (Å²) in [4.78, 5) is 20.1. The summed E-state index contributed by atoms with van der Waals surface area (Å²) in [7, 11) is 0. The van der Waals surface area contributed by atoms with Gasteiger partial charge in [0, 0.05) is 5.75 Å². The van der Waals surface area contributed by atoms with Gasteiger partial charge in [-0.25, -0.2) is 14.6 Å². The molecule has 0 spiro atoms. The normalized spacial score (nSPS) is 10.6.